The summed E-state index contributed by atoms with van der Waals surface area (Å²) in [5, 5.41) is 1.90. The minimum Gasteiger partial charge on any atom is -0.396 e. The molecule has 3 N–H and O–H groups in total. The van der Waals surface area contributed by atoms with Crippen LogP contribution in [0.4, 0.5) is 10.1 Å². The summed E-state index contributed by atoms with van der Waals surface area (Å²) in [6, 6.07) is 6.95. The molecule has 1 aromatic carbocycles. The molecule has 7 heteroatoms. The highest BCUT2D eigenvalue weighted by Gasteiger charge is 2.22. The molecule has 4 nitrogen and oxygen atoms in total. The van der Waals surface area contributed by atoms with Crippen LogP contribution in [0.2, 0.25) is 0 Å². The Hall–Kier alpha value is -1.44. The van der Waals surface area contributed by atoms with Crippen molar-refractivity contribution in [3.8, 4) is 0 Å². The minimum atomic E-state index is -3.79. The maximum Gasteiger partial charge on any atom is 0.241 e. The van der Waals surface area contributed by atoms with Crippen LogP contribution < -0.4 is 10.5 Å². The van der Waals surface area contributed by atoms with Crippen LogP contribution >= 0.6 is 11.3 Å². The first-order valence-corrected chi connectivity index (χ1v) is 8.91. The molecule has 0 aliphatic heterocycles. The van der Waals surface area contributed by atoms with E-state index >= 15 is 0 Å². The number of nitrogens with one attached hydrogen (secondary N) is 1. The lowest BCUT2D eigenvalue weighted by Gasteiger charge is -2.17. The highest BCUT2D eigenvalue weighted by Crippen LogP contribution is 2.26. The van der Waals surface area contributed by atoms with Crippen LogP contribution in [0.25, 0.3) is 0 Å². The Kier molecular flexibility index (Phi) is 4.97. The Bertz CT molecular complexity index is 700. The third kappa shape index (κ3) is 3.81. The van der Waals surface area contributed by atoms with Crippen molar-refractivity contribution in [1.29, 1.82) is 0 Å². The Morgan fingerprint density at radius 2 is 2.14 bits per heavy atom. The summed E-state index contributed by atoms with van der Waals surface area (Å²) < 4.78 is 40.8. The monoisotopic (exact) mass is 328 g/mol. The predicted octanol–water partition coefficient (Wildman–Crippen LogP) is 3.29. The lowest BCUT2D eigenvalue weighted by atomic mass is 10.1. The van der Waals surface area contributed by atoms with E-state index in [0.717, 1.165) is 17.4 Å². The third-order valence-corrected chi connectivity index (χ3v) is 5.50. The molecule has 1 unspecified atom stereocenters. The number of anilines is 1. The summed E-state index contributed by atoms with van der Waals surface area (Å²) in [4.78, 5) is 0.822. The molecule has 0 bridgehead atoms. The van der Waals surface area contributed by atoms with E-state index in [1.807, 2.05) is 24.4 Å². The molecule has 21 heavy (non-hydrogen) atoms. The molecule has 0 amide bonds. The van der Waals surface area contributed by atoms with Gasteiger partial charge in [-0.05, 0) is 36.1 Å². The standard InChI is InChI=1S/C14H17FN2O2S2/c1-2-4-13(14-5-3-8-20-14)17-21(18,19)10-6-7-12(16)11(15)9-10/h3,5-9,13,17H,2,4,16H2,1H3. The molecule has 2 aromatic rings. The second-order valence-electron chi connectivity index (χ2n) is 4.66. The molecule has 0 spiro atoms. The molecule has 0 saturated heterocycles. The first-order chi connectivity index (χ1) is 9.94. The van der Waals surface area contributed by atoms with Crippen molar-refractivity contribution in [3.05, 3.63) is 46.4 Å². The minimum absolute atomic E-state index is 0.0719. The lowest BCUT2D eigenvalue weighted by molar-refractivity contribution is 0.538. The number of nitrogens with two attached hydrogens (primary N) is 1. The molecule has 1 heterocycles. The van der Waals surface area contributed by atoms with Crippen molar-refractivity contribution in [3.63, 3.8) is 0 Å². The molecule has 0 aliphatic rings. The average molecular weight is 328 g/mol. The van der Waals surface area contributed by atoms with Crippen LogP contribution in [0.15, 0.2) is 40.6 Å². The van der Waals surface area contributed by atoms with Crippen LogP contribution in [-0.4, -0.2) is 8.42 Å². The van der Waals surface area contributed by atoms with Gasteiger partial charge in [0.2, 0.25) is 10.0 Å². The van der Waals surface area contributed by atoms with Crippen LogP contribution in [0.1, 0.15) is 30.7 Å². The Morgan fingerprint density at radius 3 is 2.71 bits per heavy atom. The first kappa shape index (κ1) is 15.9. The molecule has 0 fully saturated rings. The Morgan fingerprint density at radius 1 is 1.38 bits per heavy atom. The zero-order chi connectivity index (χ0) is 15.5. The van der Waals surface area contributed by atoms with Gasteiger partial charge >= 0.3 is 0 Å². The molecule has 2 rings (SSSR count). The SMILES string of the molecule is CCCC(NS(=O)(=O)c1ccc(N)c(F)c1)c1cccs1. The Labute approximate surface area is 127 Å². The van der Waals surface area contributed by atoms with Crippen molar-refractivity contribution >= 4 is 27.0 Å². The summed E-state index contributed by atoms with van der Waals surface area (Å²) in [6.07, 6.45) is 1.51. The van der Waals surface area contributed by atoms with E-state index in [4.69, 9.17) is 5.73 Å². The van der Waals surface area contributed by atoms with E-state index in [2.05, 4.69) is 4.72 Å². The van der Waals surface area contributed by atoms with E-state index in [1.165, 1.54) is 23.5 Å². The van der Waals surface area contributed by atoms with Crippen molar-refractivity contribution < 1.29 is 12.8 Å². The Balaban J connectivity index is 2.28. The van der Waals surface area contributed by atoms with Gasteiger partial charge in [-0.2, -0.15) is 0 Å². The summed E-state index contributed by atoms with van der Waals surface area (Å²) >= 11 is 1.49. The number of rotatable bonds is 6. The van der Waals surface area contributed by atoms with E-state index < -0.39 is 15.8 Å². The fourth-order valence-corrected chi connectivity index (χ4v) is 4.12. The summed E-state index contributed by atoms with van der Waals surface area (Å²) in [7, 11) is -3.79. The van der Waals surface area contributed by atoms with E-state index in [-0.39, 0.29) is 16.6 Å². The number of benzene rings is 1. The van der Waals surface area contributed by atoms with Crippen molar-refractivity contribution in [2.75, 3.05) is 5.73 Å². The quantitative estimate of drug-likeness (QED) is 0.799. The average Bonchev–Trinajstić information content (AvgIpc) is 2.95. The fourth-order valence-electron chi connectivity index (χ4n) is 1.97. The number of hydrogen-bond acceptors (Lipinski definition) is 4. The van der Waals surface area contributed by atoms with E-state index in [0.29, 0.717) is 6.42 Å². The maximum atomic E-state index is 13.5. The van der Waals surface area contributed by atoms with E-state index in [1.54, 1.807) is 0 Å². The summed E-state index contributed by atoms with van der Waals surface area (Å²) in [6.45, 7) is 1.98. The van der Waals surface area contributed by atoms with Crippen molar-refractivity contribution in [2.45, 2.75) is 30.7 Å². The maximum absolute atomic E-state index is 13.5. The predicted molar refractivity (Wildman–Crippen MR) is 83.1 cm³/mol. The number of thiophene rings is 1. The second-order valence-corrected chi connectivity index (χ2v) is 7.35. The van der Waals surface area contributed by atoms with Gasteiger partial charge in [-0.1, -0.05) is 19.4 Å². The van der Waals surface area contributed by atoms with Gasteiger partial charge in [0.15, 0.2) is 0 Å². The fraction of sp³-hybridized carbons (Fsp3) is 0.286. The van der Waals surface area contributed by atoms with E-state index in [9.17, 15) is 12.8 Å². The van der Waals surface area contributed by atoms with Crippen molar-refractivity contribution in [1.82, 2.24) is 4.72 Å². The van der Waals surface area contributed by atoms with Crippen LogP contribution in [0.3, 0.4) is 0 Å². The molecule has 114 valence electrons. The molecular weight excluding hydrogens is 311 g/mol. The zero-order valence-corrected chi connectivity index (χ0v) is 13.2. The van der Waals surface area contributed by atoms with Gasteiger partial charge in [0, 0.05) is 4.88 Å². The van der Waals surface area contributed by atoms with Gasteiger partial charge < -0.3 is 5.73 Å². The van der Waals surface area contributed by atoms with Gasteiger partial charge in [-0.25, -0.2) is 17.5 Å². The number of hydrogen-bond donors (Lipinski definition) is 2. The van der Waals surface area contributed by atoms with Gasteiger partial charge in [-0.3, -0.25) is 0 Å². The van der Waals surface area contributed by atoms with Crippen LogP contribution in [-0.2, 0) is 10.0 Å². The smallest absolute Gasteiger partial charge is 0.241 e. The van der Waals surface area contributed by atoms with Gasteiger partial charge in [0.05, 0.1) is 16.6 Å². The van der Waals surface area contributed by atoms with Gasteiger partial charge in [0.25, 0.3) is 0 Å². The number of halogens is 1. The highest BCUT2D eigenvalue weighted by atomic mass is 32.2. The molecule has 0 radical (unpaired) electrons. The molecule has 0 saturated carbocycles. The molecule has 1 atom stereocenters. The van der Waals surface area contributed by atoms with Crippen LogP contribution in [0.5, 0.6) is 0 Å². The second kappa shape index (κ2) is 6.55. The normalized spacial score (nSPS) is 13.2. The highest BCUT2D eigenvalue weighted by molar-refractivity contribution is 7.89. The third-order valence-electron chi connectivity index (χ3n) is 3.04. The summed E-state index contributed by atoms with van der Waals surface area (Å²) in [5.74, 6) is -0.735. The molecule has 1 aromatic heterocycles. The zero-order valence-electron chi connectivity index (χ0n) is 11.5. The number of nitrogen functional groups attached to an aromatic ring is 1. The first-order valence-electron chi connectivity index (χ1n) is 6.55. The summed E-state index contributed by atoms with van der Waals surface area (Å²) in [5.41, 5.74) is 5.30. The van der Waals surface area contributed by atoms with Crippen LogP contribution in [0, 0.1) is 5.82 Å². The molecule has 0 aliphatic carbocycles. The largest absolute Gasteiger partial charge is 0.396 e. The van der Waals surface area contributed by atoms with Gasteiger partial charge in [0.1, 0.15) is 5.82 Å². The number of sulfonamides is 1. The topological polar surface area (TPSA) is 72.2 Å². The lowest BCUT2D eigenvalue weighted by Crippen LogP contribution is -2.28. The molecular formula is C14H17FN2O2S2. The van der Waals surface area contributed by atoms with Crippen molar-refractivity contribution in [2.24, 2.45) is 0 Å². The van der Waals surface area contributed by atoms with Gasteiger partial charge in [-0.15, -0.1) is 11.3 Å².